The van der Waals surface area contributed by atoms with Crippen LogP contribution in [-0.2, 0) is 16.1 Å². The molecule has 2 aliphatic heterocycles. The van der Waals surface area contributed by atoms with Crippen molar-refractivity contribution in [2.45, 2.75) is 32.4 Å². The van der Waals surface area contributed by atoms with Crippen LogP contribution in [0.5, 0.6) is 0 Å². The molecule has 3 heterocycles. The van der Waals surface area contributed by atoms with Gasteiger partial charge >= 0.3 is 5.63 Å². The fraction of sp³-hybridized carbons (Fsp3) is 0.474. The topological polar surface area (TPSA) is 71.8 Å². The summed E-state index contributed by atoms with van der Waals surface area (Å²) in [6.07, 6.45) is 0.880. The first kappa shape index (κ1) is 16.3. The van der Waals surface area contributed by atoms with Crippen LogP contribution < -0.4 is 10.9 Å². The SMILES string of the molecule is Cc1cc2oc(=O)cc(CN3CCC4(CNC(=O)CO4)C3)c2cc1C. The molecule has 25 heavy (non-hydrogen) atoms. The number of morpholine rings is 1. The molecule has 1 spiro atoms. The fourth-order valence-corrected chi connectivity index (χ4v) is 3.76. The smallest absolute Gasteiger partial charge is 0.336 e. The Kier molecular flexibility index (Phi) is 3.89. The molecule has 0 bridgehead atoms. The van der Waals surface area contributed by atoms with Crippen molar-refractivity contribution in [1.29, 1.82) is 0 Å². The standard InChI is InChI=1S/C19H22N2O4/c1-12-5-15-14(7-18(23)25-16(15)6-13(12)2)8-21-4-3-19(11-21)10-20-17(22)9-24-19/h5-7H,3-4,8-11H2,1-2H3,(H,20,22). The van der Waals surface area contributed by atoms with Crippen LogP contribution in [0, 0.1) is 13.8 Å². The maximum Gasteiger partial charge on any atom is 0.336 e. The molecule has 4 rings (SSSR count). The number of nitrogens with one attached hydrogen (secondary N) is 1. The second-order valence-electron chi connectivity index (χ2n) is 7.23. The first-order valence-corrected chi connectivity index (χ1v) is 8.61. The minimum Gasteiger partial charge on any atom is -0.423 e. The normalized spacial score (nSPS) is 24.2. The molecule has 1 N–H and O–H groups in total. The molecule has 0 aliphatic carbocycles. The molecule has 6 nitrogen and oxygen atoms in total. The Balaban J connectivity index is 1.60. The molecule has 0 saturated carbocycles. The number of amides is 1. The highest BCUT2D eigenvalue weighted by molar-refractivity contribution is 5.82. The average Bonchev–Trinajstić information content (AvgIpc) is 2.95. The maximum absolute atomic E-state index is 11.9. The second kappa shape index (κ2) is 5.97. The Bertz CT molecular complexity index is 892. The lowest BCUT2D eigenvalue weighted by atomic mass is 10.0. The molecule has 6 heteroatoms. The van der Waals surface area contributed by atoms with E-state index < -0.39 is 0 Å². The van der Waals surface area contributed by atoms with Gasteiger partial charge in [0.15, 0.2) is 0 Å². The molecule has 0 radical (unpaired) electrons. The molecular weight excluding hydrogens is 320 g/mol. The van der Waals surface area contributed by atoms with Crippen molar-refractivity contribution in [3.05, 3.63) is 45.3 Å². The summed E-state index contributed by atoms with van der Waals surface area (Å²) in [4.78, 5) is 25.6. The highest BCUT2D eigenvalue weighted by Crippen LogP contribution is 2.29. The van der Waals surface area contributed by atoms with Crippen molar-refractivity contribution in [3.63, 3.8) is 0 Å². The zero-order chi connectivity index (χ0) is 17.6. The number of carbonyl (C=O) groups is 1. The molecule has 2 aromatic rings. The second-order valence-corrected chi connectivity index (χ2v) is 7.23. The van der Waals surface area contributed by atoms with E-state index in [0.29, 0.717) is 18.7 Å². The van der Waals surface area contributed by atoms with Gasteiger partial charge in [0.2, 0.25) is 5.91 Å². The number of fused-ring (bicyclic) bond motifs is 1. The summed E-state index contributed by atoms with van der Waals surface area (Å²) in [5, 5.41) is 3.88. The third kappa shape index (κ3) is 3.07. The van der Waals surface area contributed by atoms with E-state index in [0.717, 1.165) is 36.0 Å². The van der Waals surface area contributed by atoms with Gasteiger partial charge in [-0.25, -0.2) is 4.79 Å². The Morgan fingerprint density at radius 2 is 2.00 bits per heavy atom. The number of aryl methyl sites for hydroxylation is 2. The van der Waals surface area contributed by atoms with Crippen molar-refractivity contribution in [1.82, 2.24) is 10.2 Å². The Morgan fingerprint density at radius 3 is 2.76 bits per heavy atom. The lowest BCUT2D eigenvalue weighted by Crippen LogP contribution is -2.53. The van der Waals surface area contributed by atoms with E-state index in [1.54, 1.807) is 6.07 Å². The minimum absolute atomic E-state index is 0.0541. The van der Waals surface area contributed by atoms with Crippen LogP contribution in [0.2, 0.25) is 0 Å². The van der Waals surface area contributed by atoms with E-state index in [4.69, 9.17) is 9.15 Å². The summed E-state index contributed by atoms with van der Waals surface area (Å²) in [7, 11) is 0. The van der Waals surface area contributed by atoms with E-state index in [1.807, 2.05) is 13.0 Å². The van der Waals surface area contributed by atoms with Crippen molar-refractivity contribution in [3.8, 4) is 0 Å². The molecule has 1 aromatic carbocycles. The van der Waals surface area contributed by atoms with E-state index in [2.05, 4.69) is 23.2 Å². The van der Waals surface area contributed by atoms with Gasteiger partial charge < -0.3 is 14.5 Å². The van der Waals surface area contributed by atoms with Gasteiger partial charge in [-0.15, -0.1) is 0 Å². The minimum atomic E-state index is -0.319. The van der Waals surface area contributed by atoms with E-state index in [-0.39, 0.29) is 23.7 Å². The van der Waals surface area contributed by atoms with Gasteiger partial charge in [-0.05, 0) is 49.1 Å². The molecule has 1 aromatic heterocycles. The third-order valence-corrected chi connectivity index (χ3v) is 5.35. The molecule has 132 valence electrons. The quantitative estimate of drug-likeness (QED) is 0.838. The number of rotatable bonds is 2. The van der Waals surface area contributed by atoms with Gasteiger partial charge in [-0.3, -0.25) is 9.69 Å². The summed E-state index contributed by atoms with van der Waals surface area (Å²) >= 11 is 0. The van der Waals surface area contributed by atoms with Crippen molar-refractivity contribution < 1.29 is 13.9 Å². The lowest BCUT2D eigenvalue weighted by molar-refractivity contribution is -0.142. The zero-order valence-electron chi connectivity index (χ0n) is 14.6. The molecular formula is C19H22N2O4. The van der Waals surface area contributed by atoms with E-state index in [9.17, 15) is 9.59 Å². The third-order valence-electron chi connectivity index (χ3n) is 5.35. The Hall–Kier alpha value is -2.18. The molecule has 1 unspecified atom stereocenters. The summed E-state index contributed by atoms with van der Waals surface area (Å²) in [6.45, 7) is 7.06. The summed E-state index contributed by atoms with van der Waals surface area (Å²) < 4.78 is 11.2. The van der Waals surface area contributed by atoms with Gasteiger partial charge in [-0.2, -0.15) is 0 Å². The van der Waals surface area contributed by atoms with Gasteiger partial charge in [0.05, 0.1) is 5.60 Å². The first-order chi connectivity index (χ1) is 11.9. The number of likely N-dealkylation sites (tertiary alicyclic amines) is 1. The van der Waals surface area contributed by atoms with Gasteiger partial charge in [-0.1, -0.05) is 0 Å². The maximum atomic E-state index is 11.9. The van der Waals surface area contributed by atoms with Crippen LogP contribution in [-0.4, -0.2) is 42.6 Å². The number of benzene rings is 1. The molecule has 1 atom stereocenters. The van der Waals surface area contributed by atoms with Gasteiger partial charge in [0.1, 0.15) is 12.2 Å². The van der Waals surface area contributed by atoms with Gasteiger partial charge in [0, 0.05) is 37.6 Å². The number of hydrogen-bond donors (Lipinski definition) is 1. The summed E-state index contributed by atoms with van der Waals surface area (Å²) in [5.41, 5.74) is 3.29. The Labute approximate surface area is 145 Å². The van der Waals surface area contributed by atoms with Crippen LogP contribution in [0.1, 0.15) is 23.1 Å². The highest BCUT2D eigenvalue weighted by Gasteiger charge is 2.42. The lowest BCUT2D eigenvalue weighted by Gasteiger charge is -2.33. The average molecular weight is 342 g/mol. The largest absolute Gasteiger partial charge is 0.423 e. The van der Waals surface area contributed by atoms with Gasteiger partial charge in [0.25, 0.3) is 0 Å². The van der Waals surface area contributed by atoms with Crippen molar-refractivity contribution in [2.75, 3.05) is 26.2 Å². The monoisotopic (exact) mass is 342 g/mol. The summed E-state index contributed by atoms with van der Waals surface area (Å²) in [6, 6.07) is 5.61. The molecule has 2 aliphatic rings. The molecule has 1 amide bonds. The predicted molar refractivity (Wildman–Crippen MR) is 93.5 cm³/mol. The fourth-order valence-electron chi connectivity index (χ4n) is 3.76. The Morgan fingerprint density at radius 1 is 1.20 bits per heavy atom. The number of hydrogen-bond acceptors (Lipinski definition) is 5. The van der Waals surface area contributed by atoms with Crippen LogP contribution in [0.4, 0.5) is 0 Å². The van der Waals surface area contributed by atoms with Crippen LogP contribution >= 0.6 is 0 Å². The number of carbonyl (C=O) groups excluding carboxylic acids is 1. The van der Waals surface area contributed by atoms with E-state index in [1.165, 1.54) is 5.56 Å². The number of ether oxygens (including phenoxy) is 1. The zero-order valence-corrected chi connectivity index (χ0v) is 14.6. The van der Waals surface area contributed by atoms with Crippen LogP contribution in [0.15, 0.2) is 27.4 Å². The predicted octanol–water partition coefficient (Wildman–Crippen LogP) is 1.50. The van der Waals surface area contributed by atoms with E-state index >= 15 is 0 Å². The number of nitrogens with zero attached hydrogens (tertiary/aromatic N) is 1. The van der Waals surface area contributed by atoms with Crippen LogP contribution in [0.25, 0.3) is 11.0 Å². The molecule has 2 fully saturated rings. The molecule has 2 saturated heterocycles. The first-order valence-electron chi connectivity index (χ1n) is 8.61. The highest BCUT2D eigenvalue weighted by atomic mass is 16.5. The van der Waals surface area contributed by atoms with Crippen molar-refractivity contribution in [2.24, 2.45) is 0 Å². The van der Waals surface area contributed by atoms with Crippen LogP contribution in [0.3, 0.4) is 0 Å². The summed E-state index contributed by atoms with van der Waals surface area (Å²) in [5.74, 6) is -0.0541. The van der Waals surface area contributed by atoms with Crippen molar-refractivity contribution >= 4 is 16.9 Å².